The van der Waals surface area contributed by atoms with Gasteiger partial charge in [-0.15, -0.1) is 24.0 Å². The molecule has 0 radical (unpaired) electrons. The Balaban J connectivity index is 0.00000392. The molecule has 1 aromatic rings. The molecule has 3 N–H and O–H groups in total. The molecule has 0 spiro atoms. The first-order valence-corrected chi connectivity index (χ1v) is 10.3. The van der Waals surface area contributed by atoms with Gasteiger partial charge in [-0.25, -0.2) is 0 Å². The van der Waals surface area contributed by atoms with Crippen molar-refractivity contribution in [3.8, 4) is 5.75 Å². The Morgan fingerprint density at radius 1 is 1.36 bits per heavy atom. The maximum atomic E-state index is 6.18. The second kappa shape index (κ2) is 13.2. The molecule has 1 fully saturated rings. The summed E-state index contributed by atoms with van der Waals surface area (Å²) in [6, 6.07) is 9.01. The van der Waals surface area contributed by atoms with Crippen LogP contribution < -0.4 is 15.8 Å². The monoisotopic (exact) mass is 503 g/mol. The zero-order valence-corrected chi connectivity index (χ0v) is 20.2. The molecule has 7 heteroatoms. The van der Waals surface area contributed by atoms with Gasteiger partial charge in [-0.05, 0) is 56.7 Å². The van der Waals surface area contributed by atoms with Crippen molar-refractivity contribution in [2.45, 2.75) is 45.7 Å². The molecule has 0 bridgehead atoms. The van der Waals surface area contributed by atoms with E-state index in [1.165, 1.54) is 24.9 Å². The Morgan fingerprint density at radius 3 is 2.75 bits per heavy atom. The number of aliphatic imine (C=N–C) groups is 1. The number of nitrogens with two attached hydrogens (primary N) is 1. The molecule has 0 aromatic heterocycles. The number of ether oxygens (including phenoxy) is 1. The Hall–Kier alpha value is -1.06. The average molecular weight is 503 g/mol. The fourth-order valence-electron chi connectivity index (χ4n) is 3.95. The van der Waals surface area contributed by atoms with E-state index in [0.29, 0.717) is 18.5 Å². The van der Waals surface area contributed by atoms with Gasteiger partial charge in [0.1, 0.15) is 5.75 Å². The number of hydrogen-bond donors (Lipinski definition) is 2. The first kappa shape index (κ1) is 25.0. The third-order valence-corrected chi connectivity index (χ3v) is 5.59. The molecular formula is C21H38IN5O. The van der Waals surface area contributed by atoms with Crippen LogP contribution in [0.15, 0.2) is 29.3 Å². The maximum absolute atomic E-state index is 6.18. The van der Waals surface area contributed by atoms with Gasteiger partial charge in [-0.2, -0.15) is 0 Å². The molecule has 2 atom stereocenters. The zero-order chi connectivity index (χ0) is 19.6. The highest BCUT2D eigenvalue weighted by atomic mass is 127. The summed E-state index contributed by atoms with van der Waals surface area (Å²) in [7, 11) is 1.70. The van der Waals surface area contributed by atoms with Crippen molar-refractivity contribution in [1.82, 2.24) is 15.1 Å². The summed E-state index contributed by atoms with van der Waals surface area (Å²) >= 11 is 0. The third kappa shape index (κ3) is 7.08. The largest absolute Gasteiger partial charge is 0.497 e. The lowest BCUT2D eigenvalue weighted by atomic mass is 10.0. The average Bonchev–Trinajstić information content (AvgIpc) is 3.17. The van der Waals surface area contributed by atoms with E-state index < -0.39 is 0 Å². The van der Waals surface area contributed by atoms with Crippen LogP contribution in [-0.4, -0.2) is 68.2 Å². The molecule has 1 heterocycles. The Bertz CT molecular complexity index is 594. The van der Waals surface area contributed by atoms with E-state index in [1.807, 2.05) is 12.1 Å². The number of methoxy groups -OCH3 is 1. The van der Waals surface area contributed by atoms with Crippen LogP contribution in [0.2, 0.25) is 0 Å². The highest BCUT2D eigenvalue weighted by Crippen LogP contribution is 2.24. The van der Waals surface area contributed by atoms with Crippen LogP contribution in [0.25, 0.3) is 0 Å². The normalized spacial score (nSPS) is 18.8. The summed E-state index contributed by atoms with van der Waals surface area (Å²) in [4.78, 5) is 9.58. The fraction of sp³-hybridized carbons (Fsp3) is 0.667. The van der Waals surface area contributed by atoms with Crippen LogP contribution in [0.1, 0.15) is 45.2 Å². The minimum absolute atomic E-state index is 0. The van der Waals surface area contributed by atoms with Crippen LogP contribution in [0.4, 0.5) is 0 Å². The molecule has 1 aliphatic heterocycles. The first-order valence-electron chi connectivity index (χ1n) is 10.3. The minimum atomic E-state index is 0. The highest BCUT2D eigenvalue weighted by Gasteiger charge is 2.23. The molecule has 1 aromatic carbocycles. The van der Waals surface area contributed by atoms with Crippen molar-refractivity contribution < 1.29 is 4.74 Å². The molecule has 6 nitrogen and oxygen atoms in total. The summed E-state index contributed by atoms with van der Waals surface area (Å²) < 4.78 is 5.40. The van der Waals surface area contributed by atoms with E-state index in [-0.39, 0.29) is 30.0 Å². The SMILES string of the molecule is CCN1CCCC1CNC(N)=NCC(c1cccc(OC)c1)N(CC)CC.I. The second-order valence-electron chi connectivity index (χ2n) is 7.05. The van der Waals surface area contributed by atoms with Gasteiger partial charge < -0.3 is 15.8 Å². The van der Waals surface area contributed by atoms with Crippen molar-refractivity contribution >= 4 is 29.9 Å². The molecule has 0 aliphatic carbocycles. The number of hydrogen-bond acceptors (Lipinski definition) is 4. The first-order chi connectivity index (χ1) is 13.1. The molecule has 1 aliphatic rings. The van der Waals surface area contributed by atoms with E-state index in [2.05, 4.69) is 53.0 Å². The van der Waals surface area contributed by atoms with Crippen LogP contribution in [-0.2, 0) is 0 Å². The summed E-state index contributed by atoms with van der Waals surface area (Å²) in [6.45, 7) is 12.3. The number of guanidine groups is 1. The molecule has 28 heavy (non-hydrogen) atoms. The topological polar surface area (TPSA) is 66.1 Å². The number of nitrogens with zero attached hydrogens (tertiary/aromatic N) is 3. The van der Waals surface area contributed by atoms with E-state index in [0.717, 1.165) is 31.9 Å². The Labute approximate surface area is 187 Å². The molecule has 0 saturated carbocycles. The van der Waals surface area contributed by atoms with Gasteiger partial charge in [0, 0.05) is 12.6 Å². The number of nitrogens with one attached hydrogen (secondary N) is 1. The van der Waals surface area contributed by atoms with Crippen molar-refractivity contribution in [3.63, 3.8) is 0 Å². The number of halogens is 1. The number of likely N-dealkylation sites (tertiary alicyclic amines) is 1. The lowest BCUT2D eigenvalue weighted by Gasteiger charge is -2.29. The van der Waals surface area contributed by atoms with E-state index >= 15 is 0 Å². The zero-order valence-electron chi connectivity index (χ0n) is 17.9. The van der Waals surface area contributed by atoms with Gasteiger partial charge >= 0.3 is 0 Å². The van der Waals surface area contributed by atoms with Crippen molar-refractivity contribution in [2.75, 3.05) is 46.4 Å². The lowest BCUT2D eigenvalue weighted by Crippen LogP contribution is -2.43. The van der Waals surface area contributed by atoms with Gasteiger partial charge in [-0.3, -0.25) is 14.8 Å². The van der Waals surface area contributed by atoms with Crippen LogP contribution in [0, 0.1) is 0 Å². The van der Waals surface area contributed by atoms with Crippen molar-refractivity contribution in [1.29, 1.82) is 0 Å². The maximum Gasteiger partial charge on any atom is 0.188 e. The third-order valence-electron chi connectivity index (χ3n) is 5.59. The molecule has 1 saturated heterocycles. The van der Waals surface area contributed by atoms with Crippen molar-refractivity contribution in [3.05, 3.63) is 29.8 Å². The van der Waals surface area contributed by atoms with Gasteiger partial charge in [0.25, 0.3) is 0 Å². The summed E-state index contributed by atoms with van der Waals surface area (Å²) in [5.74, 6) is 1.42. The molecular weight excluding hydrogens is 465 g/mol. The van der Waals surface area contributed by atoms with Crippen LogP contribution in [0.5, 0.6) is 5.75 Å². The lowest BCUT2D eigenvalue weighted by molar-refractivity contribution is 0.224. The van der Waals surface area contributed by atoms with E-state index in [9.17, 15) is 0 Å². The predicted molar refractivity (Wildman–Crippen MR) is 129 cm³/mol. The smallest absolute Gasteiger partial charge is 0.188 e. The Kier molecular flexibility index (Phi) is 11.8. The van der Waals surface area contributed by atoms with Gasteiger partial charge in [0.15, 0.2) is 5.96 Å². The number of benzene rings is 1. The van der Waals surface area contributed by atoms with Gasteiger partial charge in [-0.1, -0.05) is 32.9 Å². The van der Waals surface area contributed by atoms with Crippen LogP contribution >= 0.6 is 24.0 Å². The highest BCUT2D eigenvalue weighted by molar-refractivity contribution is 14.0. The van der Waals surface area contributed by atoms with Crippen molar-refractivity contribution in [2.24, 2.45) is 10.7 Å². The summed E-state index contributed by atoms with van der Waals surface area (Å²) in [5.41, 5.74) is 7.39. The second-order valence-corrected chi connectivity index (χ2v) is 7.05. The standard InChI is InChI=1S/C21H37N5O.HI/c1-5-25(6-2)20(17-10-8-12-19(14-17)27-4)16-24-21(22)23-15-18-11-9-13-26(18)7-3;/h8,10,12,14,18,20H,5-7,9,11,13,15-16H2,1-4H3,(H3,22,23,24);1H. The quantitative estimate of drug-likeness (QED) is 0.292. The summed E-state index contributed by atoms with van der Waals surface area (Å²) in [5, 5.41) is 3.34. The minimum Gasteiger partial charge on any atom is -0.497 e. The summed E-state index contributed by atoms with van der Waals surface area (Å²) in [6.07, 6.45) is 2.51. The predicted octanol–water partition coefficient (Wildman–Crippen LogP) is 3.08. The number of rotatable bonds is 10. The Morgan fingerprint density at radius 2 is 2.11 bits per heavy atom. The van der Waals surface area contributed by atoms with Gasteiger partial charge in [0.2, 0.25) is 0 Å². The van der Waals surface area contributed by atoms with Crippen LogP contribution in [0.3, 0.4) is 0 Å². The molecule has 160 valence electrons. The van der Waals surface area contributed by atoms with E-state index in [4.69, 9.17) is 10.5 Å². The fourth-order valence-corrected chi connectivity index (χ4v) is 3.95. The van der Waals surface area contributed by atoms with Gasteiger partial charge in [0.05, 0.1) is 19.7 Å². The number of likely N-dealkylation sites (N-methyl/N-ethyl adjacent to an activating group) is 2. The molecule has 2 rings (SSSR count). The van der Waals surface area contributed by atoms with E-state index in [1.54, 1.807) is 7.11 Å². The molecule has 0 amide bonds. The molecule has 2 unspecified atom stereocenters.